The lowest BCUT2D eigenvalue weighted by Gasteiger charge is -2.38. The number of nitrogens with zero attached hydrogens (tertiary/aromatic N) is 2. The van der Waals surface area contributed by atoms with Crippen LogP contribution in [0.1, 0.15) is 19.3 Å². The van der Waals surface area contributed by atoms with Crippen LogP contribution in [0.3, 0.4) is 0 Å². The highest BCUT2D eigenvalue weighted by molar-refractivity contribution is 5.62. The van der Waals surface area contributed by atoms with E-state index in [4.69, 9.17) is 10.8 Å². The monoisotopic (exact) mass is 207 g/mol. The normalized spacial score (nSPS) is 16.1. The molecule has 0 radical (unpaired) electrons. The largest absolute Gasteiger partial charge is 0.396 e. The van der Waals surface area contributed by atoms with Crippen molar-refractivity contribution < 1.29 is 5.11 Å². The van der Waals surface area contributed by atoms with Crippen LogP contribution in [0.2, 0.25) is 0 Å². The lowest BCUT2D eigenvalue weighted by atomic mass is 9.91. The highest BCUT2D eigenvalue weighted by atomic mass is 16.3. The van der Waals surface area contributed by atoms with Gasteiger partial charge in [0.15, 0.2) is 5.82 Å². The van der Waals surface area contributed by atoms with Crippen molar-refractivity contribution in [1.29, 1.82) is 0 Å². The van der Waals surface area contributed by atoms with Gasteiger partial charge in [-0.15, -0.1) is 0 Å². The predicted molar refractivity (Wildman–Crippen MR) is 60.7 cm³/mol. The van der Waals surface area contributed by atoms with Gasteiger partial charge >= 0.3 is 0 Å². The van der Waals surface area contributed by atoms with Crippen molar-refractivity contribution in [2.45, 2.75) is 25.3 Å². The number of hydrogen-bond donors (Lipinski definition) is 2. The Bertz CT molecular complexity index is 325. The van der Waals surface area contributed by atoms with Gasteiger partial charge < -0.3 is 15.7 Å². The smallest absolute Gasteiger partial charge is 0.152 e. The zero-order valence-corrected chi connectivity index (χ0v) is 8.76. The molecule has 2 rings (SSSR count). The minimum Gasteiger partial charge on any atom is -0.396 e. The van der Waals surface area contributed by atoms with Crippen LogP contribution in [-0.2, 0) is 0 Å². The highest BCUT2D eigenvalue weighted by Crippen LogP contribution is 2.30. The van der Waals surface area contributed by atoms with Crippen LogP contribution in [0, 0.1) is 0 Å². The van der Waals surface area contributed by atoms with E-state index < -0.39 is 0 Å². The summed E-state index contributed by atoms with van der Waals surface area (Å²) in [6.45, 7) is 0.762. The Labute approximate surface area is 89.7 Å². The van der Waals surface area contributed by atoms with Crippen molar-refractivity contribution in [2.75, 3.05) is 23.8 Å². The first-order valence-electron chi connectivity index (χ1n) is 5.41. The number of nitrogens with two attached hydrogens (primary N) is 1. The molecule has 3 N–H and O–H groups in total. The molecule has 0 amide bonds. The molecule has 0 spiro atoms. The summed E-state index contributed by atoms with van der Waals surface area (Å²) in [5, 5.41) is 9.05. The first-order valence-corrected chi connectivity index (χ1v) is 5.41. The summed E-state index contributed by atoms with van der Waals surface area (Å²) in [7, 11) is 0. The fraction of sp³-hybridized carbons (Fsp3) is 0.545. The van der Waals surface area contributed by atoms with Gasteiger partial charge in [0, 0.05) is 18.8 Å². The zero-order chi connectivity index (χ0) is 10.7. The van der Waals surface area contributed by atoms with Crippen molar-refractivity contribution in [3.63, 3.8) is 0 Å². The molecule has 0 unspecified atom stereocenters. The third-order valence-electron chi connectivity index (χ3n) is 2.95. The molecule has 1 aromatic rings. The van der Waals surface area contributed by atoms with Crippen molar-refractivity contribution in [3.8, 4) is 0 Å². The van der Waals surface area contributed by atoms with Gasteiger partial charge in [0.2, 0.25) is 0 Å². The predicted octanol–water partition coefficient (Wildman–Crippen LogP) is 1.02. The van der Waals surface area contributed by atoms with Crippen LogP contribution in [0.25, 0.3) is 0 Å². The van der Waals surface area contributed by atoms with Crippen molar-refractivity contribution in [2.24, 2.45) is 0 Å². The van der Waals surface area contributed by atoms with Crippen LogP contribution in [0.4, 0.5) is 11.5 Å². The fourth-order valence-corrected chi connectivity index (χ4v) is 1.92. The van der Waals surface area contributed by atoms with Crippen LogP contribution in [-0.4, -0.2) is 29.3 Å². The minimum atomic E-state index is 0.145. The number of aliphatic hydroxyl groups is 1. The molecule has 1 heterocycles. The number of nitrogen functional groups attached to an aromatic ring is 1. The molecule has 1 aromatic heterocycles. The molecule has 0 saturated heterocycles. The molecule has 0 aromatic carbocycles. The van der Waals surface area contributed by atoms with Gasteiger partial charge in [-0.2, -0.15) is 0 Å². The molecular formula is C11H17N3O. The Balaban J connectivity index is 2.19. The molecule has 1 aliphatic rings. The average Bonchev–Trinajstić information content (AvgIpc) is 2.15. The van der Waals surface area contributed by atoms with E-state index in [1.807, 2.05) is 12.1 Å². The second kappa shape index (κ2) is 4.49. The van der Waals surface area contributed by atoms with E-state index in [0.29, 0.717) is 18.3 Å². The summed E-state index contributed by atoms with van der Waals surface area (Å²) >= 11 is 0. The zero-order valence-electron chi connectivity index (χ0n) is 8.76. The number of pyridine rings is 1. The molecule has 82 valence electrons. The molecular weight excluding hydrogens is 190 g/mol. The fourth-order valence-electron chi connectivity index (χ4n) is 1.92. The number of aromatic nitrogens is 1. The maximum absolute atomic E-state index is 9.05. The number of rotatable bonds is 4. The van der Waals surface area contributed by atoms with Crippen LogP contribution in [0.5, 0.6) is 0 Å². The molecule has 15 heavy (non-hydrogen) atoms. The molecule has 0 atom stereocenters. The van der Waals surface area contributed by atoms with Crippen molar-refractivity contribution in [1.82, 2.24) is 4.98 Å². The minimum absolute atomic E-state index is 0.145. The van der Waals surface area contributed by atoms with E-state index in [1.165, 1.54) is 19.3 Å². The topological polar surface area (TPSA) is 62.4 Å². The Hall–Kier alpha value is -1.29. The summed E-state index contributed by atoms with van der Waals surface area (Å²) in [6.07, 6.45) is 5.36. The summed E-state index contributed by atoms with van der Waals surface area (Å²) in [6, 6.07) is 4.19. The summed E-state index contributed by atoms with van der Waals surface area (Å²) < 4.78 is 0. The molecule has 4 heteroatoms. The standard InChI is InChI=1S/C11H17N3O/c12-10-5-2-6-13-11(10)14(7-8-15)9-3-1-4-9/h2,5-6,9,15H,1,3-4,7-8,12H2. The van der Waals surface area contributed by atoms with E-state index >= 15 is 0 Å². The first kappa shape index (κ1) is 10.2. The average molecular weight is 207 g/mol. The van der Waals surface area contributed by atoms with Crippen LogP contribution in [0.15, 0.2) is 18.3 Å². The van der Waals surface area contributed by atoms with E-state index in [-0.39, 0.29) is 6.61 Å². The highest BCUT2D eigenvalue weighted by Gasteiger charge is 2.26. The molecule has 0 bridgehead atoms. The third kappa shape index (κ3) is 2.04. The van der Waals surface area contributed by atoms with E-state index in [2.05, 4.69) is 9.88 Å². The van der Waals surface area contributed by atoms with Gasteiger partial charge in [0.25, 0.3) is 0 Å². The SMILES string of the molecule is Nc1cccnc1N(CCO)C1CCC1. The summed E-state index contributed by atoms with van der Waals surface area (Å²) in [5.74, 6) is 0.816. The lowest BCUT2D eigenvalue weighted by Crippen LogP contribution is -2.42. The van der Waals surface area contributed by atoms with Crippen LogP contribution >= 0.6 is 0 Å². The van der Waals surface area contributed by atoms with Crippen molar-refractivity contribution in [3.05, 3.63) is 18.3 Å². The maximum atomic E-state index is 9.05. The molecule has 1 aliphatic carbocycles. The Kier molecular flexibility index (Phi) is 3.06. The third-order valence-corrected chi connectivity index (χ3v) is 2.95. The Morgan fingerprint density at radius 2 is 2.33 bits per heavy atom. The maximum Gasteiger partial charge on any atom is 0.152 e. The Morgan fingerprint density at radius 3 is 2.87 bits per heavy atom. The van der Waals surface area contributed by atoms with Gasteiger partial charge in [-0.05, 0) is 31.4 Å². The number of anilines is 2. The summed E-state index contributed by atoms with van der Waals surface area (Å²) in [5.41, 5.74) is 6.57. The van der Waals surface area contributed by atoms with Gasteiger partial charge in [-0.1, -0.05) is 0 Å². The van der Waals surface area contributed by atoms with Gasteiger partial charge in [-0.25, -0.2) is 4.98 Å². The van der Waals surface area contributed by atoms with Gasteiger partial charge in [0.1, 0.15) is 0 Å². The van der Waals surface area contributed by atoms with Crippen molar-refractivity contribution >= 4 is 11.5 Å². The second-order valence-corrected chi connectivity index (χ2v) is 3.92. The van der Waals surface area contributed by atoms with Gasteiger partial charge in [-0.3, -0.25) is 0 Å². The molecule has 1 saturated carbocycles. The molecule has 0 aliphatic heterocycles. The number of hydrogen-bond acceptors (Lipinski definition) is 4. The second-order valence-electron chi connectivity index (χ2n) is 3.92. The summed E-state index contributed by atoms with van der Waals surface area (Å²) in [4.78, 5) is 6.41. The Morgan fingerprint density at radius 1 is 1.53 bits per heavy atom. The molecule has 1 fully saturated rings. The van der Waals surface area contributed by atoms with Crippen LogP contribution < -0.4 is 10.6 Å². The van der Waals surface area contributed by atoms with E-state index in [1.54, 1.807) is 6.20 Å². The quantitative estimate of drug-likeness (QED) is 0.773. The van der Waals surface area contributed by atoms with E-state index in [9.17, 15) is 0 Å². The van der Waals surface area contributed by atoms with Gasteiger partial charge in [0.05, 0.1) is 12.3 Å². The lowest BCUT2D eigenvalue weighted by molar-refractivity contribution is 0.283. The first-order chi connectivity index (χ1) is 7.33. The number of aliphatic hydroxyl groups excluding tert-OH is 1. The molecule has 4 nitrogen and oxygen atoms in total. The van der Waals surface area contributed by atoms with E-state index in [0.717, 1.165) is 5.82 Å².